The highest BCUT2D eigenvalue weighted by Gasteiger charge is 2.27. The summed E-state index contributed by atoms with van der Waals surface area (Å²) in [7, 11) is 1.64. The van der Waals surface area contributed by atoms with Crippen molar-refractivity contribution < 1.29 is 9.53 Å². The summed E-state index contributed by atoms with van der Waals surface area (Å²) in [5.74, 6) is 0.813. The van der Waals surface area contributed by atoms with Crippen molar-refractivity contribution in [2.24, 2.45) is 0 Å². The normalized spacial score (nSPS) is 12.9. The Bertz CT molecular complexity index is 413. The fourth-order valence-corrected chi connectivity index (χ4v) is 1.88. The van der Waals surface area contributed by atoms with Crippen molar-refractivity contribution in [1.82, 2.24) is 10.6 Å². The Morgan fingerprint density at radius 3 is 2.37 bits per heavy atom. The standard InChI is InChI=1S/C15H24N2O2/c1-6-16-15(3,4)14(18)17-11(2)12-7-9-13(19-5)10-8-12/h7-11,16H,6H2,1-5H3,(H,17,18)/t11-/m1/s1. The Morgan fingerprint density at radius 1 is 1.32 bits per heavy atom. The number of amides is 1. The topological polar surface area (TPSA) is 50.4 Å². The van der Waals surface area contributed by atoms with Gasteiger partial charge in [-0.2, -0.15) is 0 Å². The molecular weight excluding hydrogens is 240 g/mol. The quantitative estimate of drug-likeness (QED) is 0.828. The zero-order valence-corrected chi connectivity index (χ0v) is 12.4. The van der Waals surface area contributed by atoms with Gasteiger partial charge < -0.3 is 15.4 Å². The summed E-state index contributed by atoms with van der Waals surface area (Å²) < 4.78 is 5.12. The fraction of sp³-hybridized carbons (Fsp3) is 0.533. The van der Waals surface area contributed by atoms with E-state index in [4.69, 9.17) is 4.74 Å². The minimum absolute atomic E-state index is 0.00216. The molecule has 19 heavy (non-hydrogen) atoms. The third kappa shape index (κ3) is 4.24. The molecule has 2 N–H and O–H groups in total. The lowest BCUT2D eigenvalue weighted by molar-refractivity contribution is -0.127. The second-order valence-corrected chi connectivity index (χ2v) is 5.12. The molecule has 0 saturated heterocycles. The number of likely N-dealkylation sites (N-methyl/N-ethyl adjacent to an activating group) is 1. The van der Waals surface area contributed by atoms with E-state index in [0.29, 0.717) is 0 Å². The summed E-state index contributed by atoms with van der Waals surface area (Å²) in [6.45, 7) is 8.49. The Morgan fingerprint density at radius 2 is 1.89 bits per heavy atom. The number of rotatable bonds is 6. The fourth-order valence-electron chi connectivity index (χ4n) is 1.88. The van der Waals surface area contributed by atoms with Gasteiger partial charge in [-0.3, -0.25) is 4.79 Å². The number of carbonyl (C=O) groups is 1. The van der Waals surface area contributed by atoms with Crippen LogP contribution in [0, 0.1) is 0 Å². The molecule has 0 spiro atoms. The van der Waals surface area contributed by atoms with Crippen LogP contribution >= 0.6 is 0 Å². The van der Waals surface area contributed by atoms with Crippen molar-refractivity contribution in [3.8, 4) is 5.75 Å². The zero-order chi connectivity index (χ0) is 14.5. The summed E-state index contributed by atoms with van der Waals surface area (Å²) in [6.07, 6.45) is 0. The molecule has 1 atom stereocenters. The SMILES string of the molecule is CCNC(C)(C)C(=O)N[C@H](C)c1ccc(OC)cc1. The molecule has 4 nitrogen and oxygen atoms in total. The van der Waals surface area contributed by atoms with Gasteiger partial charge in [0.05, 0.1) is 18.7 Å². The van der Waals surface area contributed by atoms with Crippen molar-refractivity contribution in [2.45, 2.75) is 39.3 Å². The molecule has 0 bridgehead atoms. The minimum Gasteiger partial charge on any atom is -0.497 e. The van der Waals surface area contributed by atoms with Gasteiger partial charge in [0.1, 0.15) is 5.75 Å². The van der Waals surface area contributed by atoms with Crippen molar-refractivity contribution in [3.05, 3.63) is 29.8 Å². The van der Waals surface area contributed by atoms with Crippen LogP contribution < -0.4 is 15.4 Å². The Labute approximate surface area is 115 Å². The molecule has 4 heteroatoms. The molecule has 0 heterocycles. The number of methoxy groups -OCH3 is 1. The number of nitrogens with one attached hydrogen (secondary N) is 2. The first-order chi connectivity index (χ1) is 8.90. The maximum Gasteiger partial charge on any atom is 0.240 e. The third-order valence-electron chi connectivity index (χ3n) is 3.15. The highest BCUT2D eigenvalue weighted by Crippen LogP contribution is 2.18. The van der Waals surface area contributed by atoms with Gasteiger partial charge in [-0.05, 0) is 45.0 Å². The van der Waals surface area contributed by atoms with Crippen LogP contribution in [0.1, 0.15) is 39.3 Å². The Hall–Kier alpha value is -1.55. The van der Waals surface area contributed by atoms with Gasteiger partial charge in [0.25, 0.3) is 0 Å². The van der Waals surface area contributed by atoms with Crippen LogP contribution in [0.5, 0.6) is 5.75 Å². The van der Waals surface area contributed by atoms with E-state index in [1.165, 1.54) is 0 Å². The number of hydrogen-bond donors (Lipinski definition) is 2. The monoisotopic (exact) mass is 264 g/mol. The Kier molecular flexibility index (Phi) is 5.36. The van der Waals surface area contributed by atoms with Crippen molar-refractivity contribution in [2.75, 3.05) is 13.7 Å². The molecule has 0 radical (unpaired) electrons. The first-order valence-corrected chi connectivity index (χ1v) is 6.60. The molecule has 106 valence electrons. The summed E-state index contributed by atoms with van der Waals surface area (Å²) >= 11 is 0. The molecule has 1 aromatic rings. The summed E-state index contributed by atoms with van der Waals surface area (Å²) in [5, 5.41) is 6.18. The van der Waals surface area contributed by atoms with E-state index >= 15 is 0 Å². The van der Waals surface area contributed by atoms with Crippen molar-refractivity contribution >= 4 is 5.91 Å². The van der Waals surface area contributed by atoms with Gasteiger partial charge in [0.2, 0.25) is 5.91 Å². The third-order valence-corrected chi connectivity index (χ3v) is 3.15. The van der Waals surface area contributed by atoms with Gasteiger partial charge in [-0.15, -0.1) is 0 Å². The van der Waals surface area contributed by atoms with Crippen LogP contribution in [-0.2, 0) is 4.79 Å². The first kappa shape index (κ1) is 15.5. The zero-order valence-electron chi connectivity index (χ0n) is 12.4. The first-order valence-electron chi connectivity index (χ1n) is 6.60. The average molecular weight is 264 g/mol. The minimum atomic E-state index is -0.560. The van der Waals surface area contributed by atoms with Crippen molar-refractivity contribution in [1.29, 1.82) is 0 Å². The van der Waals surface area contributed by atoms with E-state index in [9.17, 15) is 4.79 Å². The molecule has 0 fully saturated rings. The summed E-state index contributed by atoms with van der Waals surface area (Å²) in [6, 6.07) is 7.69. The van der Waals surface area contributed by atoms with Crippen LogP contribution in [0.15, 0.2) is 24.3 Å². The Balaban J connectivity index is 2.68. The molecular formula is C15H24N2O2. The highest BCUT2D eigenvalue weighted by molar-refractivity contribution is 5.85. The molecule has 0 aliphatic rings. The van der Waals surface area contributed by atoms with Gasteiger partial charge in [0.15, 0.2) is 0 Å². The predicted octanol–water partition coefficient (Wildman–Crippen LogP) is 2.26. The van der Waals surface area contributed by atoms with Gasteiger partial charge >= 0.3 is 0 Å². The van der Waals surface area contributed by atoms with Crippen LogP contribution in [0.4, 0.5) is 0 Å². The number of ether oxygens (including phenoxy) is 1. The van der Waals surface area contributed by atoms with E-state index in [0.717, 1.165) is 17.9 Å². The van der Waals surface area contributed by atoms with E-state index < -0.39 is 5.54 Å². The highest BCUT2D eigenvalue weighted by atomic mass is 16.5. The van der Waals surface area contributed by atoms with Crippen molar-refractivity contribution in [3.63, 3.8) is 0 Å². The van der Waals surface area contributed by atoms with Crippen LogP contribution in [0.2, 0.25) is 0 Å². The van der Waals surface area contributed by atoms with Crippen LogP contribution in [0.3, 0.4) is 0 Å². The second-order valence-electron chi connectivity index (χ2n) is 5.12. The maximum absolute atomic E-state index is 12.2. The lowest BCUT2D eigenvalue weighted by Crippen LogP contribution is -2.52. The molecule has 1 aromatic carbocycles. The van der Waals surface area contributed by atoms with Gasteiger partial charge in [-0.1, -0.05) is 19.1 Å². The lowest BCUT2D eigenvalue weighted by atomic mass is 10.0. The summed E-state index contributed by atoms with van der Waals surface area (Å²) in [5.41, 5.74) is 0.497. The lowest BCUT2D eigenvalue weighted by Gasteiger charge is -2.27. The molecule has 1 rings (SSSR count). The molecule has 0 aliphatic heterocycles. The average Bonchev–Trinajstić information content (AvgIpc) is 2.38. The number of benzene rings is 1. The molecule has 0 aromatic heterocycles. The van der Waals surface area contributed by atoms with Gasteiger partial charge in [0, 0.05) is 0 Å². The maximum atomic E-state index is 12.2. The van der Waals surface area contributed by atoms with E-state index in [1.807, 2.05) is 52.0 Å². The molecule has 1 amide bonds. The van der Waals surface area contributed by atoms with Crippen LogP contribution in [0.25, 0.3) is 0 Å². The number of hydrogen-bond acceptors (Lipinski definition) is 3. The van der Waals surface area contributed by atoms with Gasteiger partial charge in [-0.25, -0.2) is 0 Å². The van der Waals surface area contributed by atoms with Crippen LogP contribution in [-0.4, -0.2) is 25.1 Å². The van der Waals surface area contributed by atoms with E-state index in [-0.39, 0.29) is 11.9 Å². The summed E-state index contributed by atoms with van der Waals surface area (Å²) in [4.78, 5) is 12.2. The smallest absolute Gasteiger partial charge is 0.240 e. The molecule has 0 aliphatic carbocycles. The molecule has 0 saturated carbocycles. The van der Waals surface area contributed by atoms with E-state index in [2.05, 4.69) is 10.6 Å². The second kappa shape index (κ2) is 6.57. The molecule has 0 unspecified atom stereocenters. The van der Waals surface area contributed by atoms with E-state index in [1.54, 1.807) is 7.11 Å². The largest absolute Gasteiger partial charge is 0.497 e. The number of carbonyl (C=O) groups excluding carboxylic acids is 1. The predicted molar refractivity (Wildman–Crippen MR) is 77.3 cm³/mol.